The highest BCUT2D eigenvalue weighted by molar-refractivity contribution is 7.99. The first-order valence-corrected chi connectivity index (χ1v) is 11.6. The molecular formula is C24H22N6O4S. The Morgan fingerprint density at radius 1 is 1.17 bits per heavy atom. The number of rotatable bonds is 9. The number of benzene rings is 2. The third-order valence-electron chi connectivity index (χ3n) is 4.70. The first-order chi connectivity index (χ1) is 17.0. The number of ether oxygens (including phenoxy) is 1. The van der Waals surface area contributed by atoms with E-state index >= 15 is 0 Å². The lowest BCUT2D eigenvalue weighted by Gasteiger charge is -2.11. The van der Waals surface area contributed by atoms with Gasteiger partial charge in [-0.15, -0.1) is 10.2 Å². The van der Waals surface area contributed by atoms with E-state index in [1.165, 1.54) is 36.2 Å². The van der Waals surface area contributed by atoms with Crippen molar-refractivity contribution < 1.29 is 19.7 Å². The molecule has 2 aromatic heterocycles. The van der Waals surface area contributed by atoms with E-state index in [0.717, 1.165) is 17.0 Å². The van der Waals surface area contributed by atoms with Gasteiger partial charge in [-0.1, -0.05) is 11.8 Å². The monoisotopic (exact) mass is 490 g/mol. The highest BCUT2D eigenvalue weighted by atomic mass is 32.2. The minimum Gasteiger partial charge on any atom is -0.508 e. The number of phenolic OH excluding ortho intramolecular Hbond substituents is 2. The van der Waals surface area contributed by atoms with Gasteiger partial charge < -0.3 is 14.9 Å². The third kappa shape index (κ3) is 5.95. The maximum absolute atomic E-state index is 12.4. The molecule has 0 aliphatic heterocycles. The molecule has 0 atom stereocenters. The van der Waals surface area contributed by atoms with E-state index in [9.17, 15) is 15.0 Å². The van der Waals surface area contributed by atoms with Crippen LogP contribution in [0.3, 0.4) is 0 Å². The van der Waals surface area contributed by atoms with Crippen molar-refractivity contribution in [2.75, 3.05) is 12.4 Å². The summed E-state index contributed by atoms with van der Waals surface area (Å²) < 4.78 is 7.38. The third-order valence-corrected chi connectivity index (χ3v) is 5.63. The minimum atomic E-state index is -0.367. The molecule has 3 N–H and O–H groups in total. The Bertz CT molecular complexity index is 1330. The number of aromatic hydroxyl groups is 2. The van der Waals surface area contributed by atoms with E-state index in [1.807, 2.05) is 47.9 Å². The molecule has 11 heteroatoms. The lowest BCUT2D eigenvalue weighted by atomic mass is 10.2. The van der Waals surface area contributed by atoms with Gasteiger partial charge in [-0.3, -0.25) is 14.3 Å². The number of hydrazone groups is 1. The highest BCUT2D eigenvalue weighted by Crippen LogP contribution is 2.28. The zero-order valence-corrected chi connectivity index (χ0v) is 19.5. The fourth-order valence-corrected chi connectivity index (χ4v) is 3.86. The number of carbonyl (C=O) groups is 1. The molecule has 0 unspecified atom stereocenters. The van der Waals surface area contributed by atoms with Gasteiger partial charge in [-0.25, -0.2) is 5.43 Å². The molecule has 2 aromatic carbocycles. The first kappa shape index (κ1) is 23.8. The quantitative estimate of drug-likeness (QED) is 0.185. The number of thioether (sulfide) groups is 1. The molecule has 10 nitrogen and oxygen atoms in total. The van der Waals surface area contributed by atoms with Crippen molar-refractivity contribution in [1.29, 1.82) is 0 Å². The van der Waals surface area contributed by atoms with Gasteiger partial charge >= 0.3 is 0 Å². The van der Waals surface area contributed by atoms with Gasteiger partial charge in [0.05, 0.1) is 18.6 Å². The van der Waals surface area contributed by atoms with E-state index in [-0.39, 0.29) is 23.2 Å². The molecule has 0 saturated carbocycles. The summed E-state index contributed by atoms with van der Waals surface area (Å²) in [6.07, 6.45) is 4.67. The van der Waals surface area contributed by atoms with Gasteiger partial charge in [0, 0.05) is 35.3 Å². The highest BCUT2D eigenvalue weighted by Gasteiger charge is 2.17. The molecule has 4 aromatic rings. The fourth-order valence-electron chi connectivity index (χ4n) is 3.11. The van der Waals surface area contributed by atoms with Gasteiger partial charge in [0.2, 0.25) is 0 Å². The summed E-state index contributed by atoms with van der Waals surface area (Å²) in [4.78, 5) is 16.5. The Labute approximate surface area is 205 Å². The van der Waals surface area contributed by atoms with Crippen molar-refractivity contribution in [1.82, 2.24) is 25.2 Å². The van der Waals surface area contributed by atoms with Crippen LogP contribution in [-0.2, 0) is 4.79 Å². The van der Waals surface area contributed by atoms with Crippen LogP contribution < -0.4 is 10.2 Å². The van der Waals surface area contributed by atoms with Crippen molar-refractivity contribution in [2.24, 2.45) is 5.10 Å². The lowest BCUT2D eigenvalue weighted by molar-refractivity contribution is -0.118. The second-order valence-electron chi connectivity index (χ2n) is 7.14. The molecule has 0 spiro atoms. The number of nitrogens with zero attached hydrogens (tertiary/aromatic N) is 5. The second-order valence-corrected chi connectivity index (χ2v) is 8.08. The summed E-state index contributed by atoms with van der Waals surface area (Å²) in [7, 11) is 0. The maximum Gasteiger partial charge on any atom is 0.250 e. The summed E-state index contributed by atoms with van der Waals surface area (Å²) in [5.41, 5.74) is 4.36. The molecule has 0 fully saturated rings. The number of carbonyl (C=O) groups excluding carboxylic acids is 1. The smallest absolute Gasteiger partial charge is 0.250 e. The molecule has 2 heterocycles. The summed E-state index contributed by atoms with van der Waals surface area (Å²) in [6.45, 7) is 2.49. The number of pyridine rings is 1. The molecule has 0 radical (unpaired) electrons. The van der Waals surface area contributed by atoms with Crippen LogP contribution in [0.4, 0.5) is 0 Å². The molecule has 0 saturated heterocycles. The fraction of sp³-hybridized carbons (Fsp3) is 0.125. The zero-order chi connectivity index (χ0) is 24.6. The molecule has 0 aliphatic rings. The molecule has 4 rings (SSSR count). The summed E-state index contributed by atoms with van der Waals surface area (Å²) >= 11 is 1.20. The normalized spacial score (nSPS) is 11.0. The lowest BCUT2D eigenvalue weighted by Crippen LogP contribution is -2.20. The van der Waals surface area contributed by atoms with Crippen LogP contribution in [0.15, 0.2) is 77.2 Å². The Morgan fingerprint density at radius 3 is 2.71 bits per heavy atom. The average Bonchev–Trinajstić information content (AvgIpc) is 3.29. The Hall–Kier alpha value is -4.38. The number of hydrogen-bond donors (Lipinski definition) is 3. The average molecular weight is 491 g/mol. The van der Waals surface area contributed by atoms with Crippen molar-refractivity contribution in [3.05, 3.63) is 72.6 Å². The van der Waals surface area contributed by atoms with E-state index in [0.29, 0.717) is 23.2 Å². The Balaban J connectivity index is 1.50. The molecule has 0 bridgehead atoms. The minimum absolute atomic E-state index is 0.0289. The largest absolute Gasteiger partial charge is 0.508 e. The predicted octanol–water partition coefficient (Wildman–Crippen LogP) is 3.38. The van der Waals surface area contributed by atoms with Crippen LogP contribution in [0.1, 0.15) is 12.5 Å². The van der Waals surface area contributed by atoms with Crippen LogP contribution in [0.5, 0.6) is 17.2 Å². The maximum atomic E-state index is 12.4. The van der Waals surface area contributed by atoms with Gasteiger partial charge in [-0.2, -0.15) is 5.10 Å². The van der Waals surface area contributed by atoms with Crippen LogP contribution >= 0.6 is 11.8 Å². The van der Waals surface area contributed by atoms with Crippen LogP contribution in [0, 0.1) is 0 Å². The van der Waals surface area contributed by atoms with Gasteiger partial charge in [0.25, 0.3) is 5.91 Å². The van der Waals surface area contributed by atoms with Gasteiger partial charge in [0.1, 0.15) is 17.2 Å². The summed E-state index contributed by atoms with van der Waals surface area (Å²) in [6, 6.07) is 15.3. The molecule has 178 valence electrons. The SMILES string of the molecule is CCOc1ccc(-n2c(SCC(=O)N/N=C/c3ccc(O)cc3O)nnc2-c2cccnc2)cc1. The molecular weight excluding hydrogens is 468 g/mol. The van der Waals surface area contributed by atoms with Crippen LogP contribution in [0.2, 0.25) is 0 Å². The van der Waals surface area contributed by atoms with Gasteiger partial charge in [-0.05, 0) is 55.5 Å². The van der Waals surface area contributed by atoms with Crippen molar-refractivity contribution in [3.8, 4) is 34.3 Å². The van der Waals surface area contributed by atoms with Crippen molar-refractivity contribution >= 4 is 23.9 Å². The number of aromatic nitrogens is 4. The summed E-state index contributed by atoms with van der Waals surface area (Å²) in [5, 5.41) is 32.1. The van der Waals surface area contributed by atoms with Crippen LogP contribution in [0.25, 0.3) is 17.1 Å². The second kappa shape index (κ2) is 11.2. The summed E-state index contributed by atoms with van der Waals surface area (Å²) in [5.74, 6) is 0.783. The number of amides is 1. The van der Waals surface area contributed by atoms with Crippen LogP contribution in [-0.4, -0.2) is 54.4 Å². The first-order valence-electron chi connectivity index (χ1n) is 10.6. The molecule has 0 aliphatic carbocycles. The van der Waals surface area contributed by atoms with Gasteiger partial charge in [0.15, 0.2) is 11.0 Å². The van der Waals surface area contributed by atoms with E-state index in [1.54, 1.807) is 12.4 Å². The Morgan fingerprint density at radius 2 is 2.00 bits per heavy atom. The molecule has 1 amide bonds. The van der Waals surface area contributed by atoms with Crippen molar-refractivity contribution in [2.45, 2.75) is 12.1 Å². The number of hydrogen-bond acceptors (Lipinski definition) is 9. The zero-order valence-electron chi connectivity index (χ0n) is 18.7. The number of nitrogens with one attached hydrogen (secondary N) is 1. The van der Waals surface area contributed by atoms with E-state index < -0.39 is 0 Å². The Kier molecular flexibility index (Phi) is 7.58. The standard InChI is InChI=1S/C24H22N6O4S/c1-2-34-20-9-6-18(7-10-20)30-23(17-4-3-11-25-13-17)28-29-24(30)35-15-22(33)27-26-14-16-5-8-19(31)12-21(16)32/h3-14,31-32H,2,15H2,1H3,(H,27,33)/b26-14+. The van der Waals surface area contributed by atoms with E-state index in [2.05, 4.69) is 25.7 Å². The number of phenols is 2. The van der Waals surface area contributed by atoms with Crippen molar-refractivity contribution in [3.63, 3.8) is 0 Å². The molecule has 35 heavy (non-hydrogen) atoms. The predicted molar refractivity (Wildman–Crippen MR) is 132 cm³/mol. The topological polar surface area (TPSA) is 135 Å². The van der Waals surface area contributed by atoms with E-state index in [4.69, 9.17) is 4.74 Å².